The third kappa shape index (κ3) is 2.13. The predicted molar refractivity (Wildman–Crippen MR) is 72.6 cm³/mol. The van der Waals surface area contributed by atoms with Crippen LogP contribution in [0.25, 0.3) is 0 Å². The third-order valence-electron chi connectivity index (χ3n) is 3.80. The average molecular weight is 298 g/mol. The Morgan fingerprint density at radius 2 is 2.31 bits per heavy atom. The van der Waals surface area contributed by atoms with Crippen LogP contribution in [0.3, 0.4) is 0 Å². The van der Waals surface area contributed by atoms with Gasteiger partial charge in [0.1, 0.15) is 0 Å². The molecule has 3 rings (SSSR count). The van der Waals surface area contributed by atoms with E-state index >= 15 is 0 Å². The number of nitrogens with one attached hydrogen (secondary N) is 1. The normalized spacial score (nSPS) is 31.4. The molecule has 1 nitrogen and oxygen atoms in total. The first kappa shape index (κ1) is 11.0. The van der Waals surface area contributed by atoms with E-state index in [-0.39, 0.29) is 0 Å². The zero-order valence-corrected chi connectivity index (χ0v) is 11.6. The second kappa shape index (κ2) is 4.63. The highest BCUT2D eigenvalue weighted by Gasteiger charge is 2.34. The lowest BCUT2D eigenvalue weighted by atomic mass is 9.94. The maximum atomic E-state index is 3.60. The molecule has 0 amide bonds. The summed E-state index contributed by atoms with van der Waals surface area (Å²) >= 11 is 5.40. The summed E-state index contributed by atoms with van der Waals surface area (Å²) in [5, 5.41) is 5.74. The smallest absolute Gasteiger partial charge is 0.0327 e. The van der Waals surface area contributed by atoms with Crippen molar-refractivity contribution in [3.8, 4) is 0 Å². The maximum Gasteiger partial charge on any atom is 0.0327 e. The first-order valence-corrected chi connectivity index (χ1v) is 7.61. The van der Waals surface area contributed by atoms with Crippen molar-refractivity contribution < 1.29 is 0 Å². The lowest BCUT2D eigenvalue weighted by Crippen LogP contribution is -2.24. The minimum absolute atomic E-state index is 0.865. The van der Waals surface area contributed by atoms with E-state index in [2.05, 4.69) is 44.8 Å². The Morgan fingerprint density at radius 3 is 2.94 bits per heavy atom. The van der Waals surface area contributed by atoms with Crippen molar-refractivity contribution >= 4 is 27.3 Å². The summed E-state index contributed by atoms with van der Waals surface area (Å²) < 4.78 is 1.25. The van der Waals surface area contributed by atoms with Crippen LogP contribution in [-0.4, -0.2) is 6.54 Å². The summed E-state index contributed by atoms with van der Waals surface area (Å²) in [6, 6.07) is 2.13. The fourth-order valence-electron chi connectivity index (χ4n) is 2.95. The molecule has 1 fully saturated rings. The molecule has 0 spiro atoms. The Balaban J connectivity index is 1.48. The SMILES string of the molecule is Brc1ccsc1CNCC1CC2C=CC1C2. The number of halogens is 1. The van der Waals surface area contributed by atoms with Gasteiger partial charge in [0.25, 0.3) is 0 Å². The van der Waals surface area contributed by atoms with Gasteiger partial charge in [0.2, 0.25) is 0 Å². The molecule has 0 aliphatic heterocycles. The van der Waals surface area contributed by atoms with E-state index in [1.54, 1.807) is 0 Å². The van der Waals surface area contributed by atoms with E-state index in [0.29, 0.717) is 0 Å². The van der Waals surface area contributed by atoms with Gasteiger partial charge in [-0.25, -0.2) is 0 Å². The molecule has 86 valence electrons. The summed E-state index contributed by atoms with van der Waals surface area (Å²) in [5.41, 5.74) is 0. The van der Waals surface area contributed by atoms with E-state index in [4.69, 9.17) is 0 Å². The van der Waals surface area contributed by atoms with E-state index in [0.717, 1.165) is 24.3 Å². The van der Waals surface area contributed by atoms with Crippen molar-refractivity contribution in [2.24, 2.45) is 17.8 Å². The van der Waals surface area contributed by atoms with Crippen molar-refractivity contribution in [1.29, 1.82) is 0 Å². The summed E-state index contributed by atoms with van der Waals surface area (Å²) in [6.07, 6.45) is 7.66. The van der Waals surface area contributed by atoms with E-state index in [1.165, 1.54) is 28.7 Å². The largest absolute Gasteiger partial charge is 0.312 e. The molecule has 0 aromatic carbocycles. The minimum Gasteiger partial charge on any atom is -0.312 e. The van der Waals surface area contributed by atoms with Crippen LogP contribution in [0.2, 0.25) is 0 Å². The van der Waals surface area contributed by atoms with Gasteiger partial charge >= 0.3 is 0 Å². The van der Waals surface area contributed by atoms with Crippen LogP contribution in [0.5, 0.6) is 0 Å². The molecule has 1 saturated carbocycles. The van der Waals surface area contributed by atoms with Crippen molar-refractivity contribution in [2.45, 2.75) is 19.4 Å². The summed E-state index contributed by atoms with van der Waals surface area (Å²) in [4.78, 5) is 1.42. The number of fused-ring (bicyclic) bond motifs is 2. The third-order valence-corrected chi connectivity index (χ3v) is 5.73. The van der Waals surface area contributed by atoms with Crippen LogP contribution in [0.1, 0.15) is 17.7 Å². The maximum absolute atomic E-state index is 3.60. The molecule has 1 aromatic heterocycles. The van der Waals surface area contributed by atoms with E-state index in [9.17, 15) is 0 Å². The Bertz CT molecular complexity index is 398. The van der Waals surface area contributed by atoms with Crippen LogP contribution in [0.4, 0.5) is 0 Å². The highest BCUT2D eigenvalue weighted by atomic mass is 79.9. The number of allylic oxidation sites excluding steroid dienone is 2. The summed E-state index contributed by atoms with van der Waals surface area (Å²) in [6.45, 7) is 2.19. The van der Waals surface area contributed by atoms with E-state index in [1.807, 2.05) is 11.3 Å². The fourth-order valence-corrected chi connectivity index (χ4v) is 4.41. The van der Waals surface area contributed by atoms with Gasteiger partial charge in [0, 0.05) is 15.9 Å². The van der Waals surface area contributed by atoms with Crippen LogP contribution >= 0.6 is 27.3 Å². The minimum atomic E-state index is 0.865. The lowest BCUT2D eigenvalue weighted by molar-refractivity contribution is 0.415. The van der Waals surface area contributed by atoms with Crippen LogP contribution < -0.4 is 5.32 Å². The molecular formula is C13H16BrNS. The van der Waals surface area contributed by atoms with Gasteiger partial charge in [-0.2, -0.15) is 0 Å². The molecule has 3 unspecified atom stereocenters. The highest BCUT2D eigenvalue weighted by molar-refractivity contribution is 9.10. The zero-order chi connectivity index (χ0) is 11.0. The van der Waals surface area contributed by atoms with Crippen molar-refractivity contribution in [3.63, 3.8) is 0 Å². The molecule has 1 aromatic rings. The molecule has 16 heavy (non-hydrogen) atoms. The van der Waals surface area contributed by atoms with Gasteiger partial charge in [-0.05, 0) is 64.5 Å². The Hall–Kier alpha value is -0.120. The molecule has 2 bridgehead atoms. The molecule has 1 N–H and O–H groups in total. The van der Waals surface area contributed by atoms with Crippen LogP contribution in [0.15, 0.2) is 28.1 Å². The van der Waals surface area contributed by atoms with Gasteiger partial charge in [-0.3, -0.25) is 0 Å². The molecular weight excluding hydrogens is 282 g/mol. The molecule has 3 heteroatoms. The second-order valence-corrected chi connectivity index (χ2v) is 6.72. The van der Waals surface area contributed by atoms with Gasteiger partial charge < -0.3 is 5.32 Å². The van der Waals surface area contributed by atoms with Crippen molar-refractivity contribution in [1.82, 2.24) is 5.32 Å². The fraction of sp³-hybridized carbons (Fsp3) is 0.538. The number of hydrogen-bond acceptors (Lipinski definition) is 2. The van der Waals surface area contributed by atoms with E-state index < -0.39 is 0 Å². The molecule has 2 aliphatic carbocycles. The van der Waals surface area contributed by atoms with Gasteiger partial charge in [-0.1, -0.05) is 12.2 Å². The quantitative estimate of drug-likeness (QED) is 0.833. The molecule has 3 atom stereocenters. The first-order valence-electron chi connectivity index (χ1n) is 5.94. The van der Waals surface area contributed by atoms with Gasteiger partial charge in [-0.15, -0.1) is 11.3 Å². The van der Waals surface area contributed by atoms with Crippen LogP contribution in [0, 0.1) is 17.8 Å². The molecule has 2 aliphatic rings. The van der Waals surface area contributed by atoms with Crippen LogP contribution in [-0.2, 0) is 6.54 Å². The monoisotopic (exact) mass is 297 g/mol. The zero-order valence-electron chi connectivity index (χ0n) is 9.16. The highest BCUT2D eigenvalue weighted by Crippen LogP contribution is 2.42. The first-order chi connectivity index (χ1) is 7.83. The summed E-state index contributed by atoms with van der Waals surface area (Å²) in [7, 11) is 0. The Kier molecular flexibility index (Phi) is 3.18. The number of thiophene rings is 1. The Morgan fingerprint density at radius 1 is 1.38 bits per heavy atom. The summed E-state index contributed by atoms with van der Waals surface area (Å²) in [5.74, 6) is 2.64. The second-order valence-electron chi connectivity index (χ2n) is 4.86. The lowest BCUT2D eigenvalue weighted by Gasteiger charge is -2.18. The van der Waals surface area contributed by atoms with Crippen molar-refractivity contribution in [3.05, 3.63) is 32.9 Å². The van der Waals surface area contributed by atoms with Crippen molar-refractivity contribution in [2.75, 3.05) is 6.54 Å². The topological polar surface area (TPSA) is 12.0 Å². The molecule has 1 heterocycles. The Labute approximate surface area is 109 Å². The molecule has 0 saturated heterocycles. The average Bonchev–Trinajstić information content (AvgIpc) is 2.96. The molecule has 0 radical (unpaired) electrons. The van der Waals surface area contributed by atoms with Gasteiger partial charge in [0.15, 0.2) is 0 Å². The standard InChI is InChI=1S/C13H16BrNS/c14-12-3-4-16-13(12)8-15-7-11-6-9-1-2-10(11)5-9/h1-4,9-11,15H,5-8H2. The predicted octanol–water partition coefficient (Wildman–Crippen LogP) is 3.81. The van der Waals surface area contributed by atoms with Gasteiger partial charge in [0.05, 0.1) is 0 Å². The number of hydrogen-bond donors (Lipinski definition) is 1. The number of rotatable bonds is 4.